The average Bonchev–Trinajstić information content (AvgIpc) is 3.46. The number of urea groups is 2. The number of nitrogens with one attached hydrogen (secondary N) is 3. The maximum atomic E-state index is 14.8. The number of anilines is 2. The van der Waals surface area contributed by atoms with Crippen LogP contribution < -0.4 is 31.5 Å². The molecule has 4 aliphatic rings. The van der Waals surface area contributed by atoms with E-state index >= 15 is 0 Å². The summed E-state index contributed by atoms with van der Waals surface area (Å²) in [6.45, 7) is 12.7. The Morgan fingerprint density at radius 3 is 1.45 bits per heavy atom. The number of alkyl halides is 6. The molecule has 8 amide bonds. The fourth-order valence-electron chi connectivity index (χ4n) is 10.6. The van der Waals surface area contributed by atoms with Crippen molar-refractivity contribution in [2.75, 3.05) is 75.2 Å². The van der Waals surface area contributed by atoms with E-state index in [9.17, 15) is 55.1 Å². The van der Waals surface area contributed by atoms with Gasteiger partial charge in [0.2, 0.25) is 11.8 Å². The minimum atomic E-state index is -4.74. The molecule has 0 fully saturated rings. The van der Waals surface area contributed by atoms with Gasteiger partial charge in [0.15, 0.2) is 5.96 Å². The van der Waals surface area contributed by atoms with Crippen LogP contribution in [0.5, 0.6) is 0 Å². The van der Waals surface area contributed by atoms with Gasteiger partial charge in [0.1, 0.15) is 13.1 Å². The number of benzene rings is 4. The van der Waals surface area contributed by atoms with Crippen molar-refractivity contribution in [1.82, 2.24) is 35.6 Å². The van der Waals surface area contributed by atoms with E-state index in [2.05, 4.69) is 27.9 Å². The lowest BCUT2D eigenvalue weighted by atomic mass is 9.85. The van der Waals surface area contributed by atoms with E-state index in [0.29, 0.717) is 11.1 Å². The fraction of sp³-hybridized carbons (Fsp3) is 0.407. The zero-order chi connectivity index (χ0) is 59.6. The SMILES string of the molecule is CC[C@@H](C)c1ccc([C@@H]2C3=C(CN(CC)C3=O)N(c3cccc(C(F)(F)F)c3)C(=O)N2CC(=O)NCCNC(N)=NCCNC(=O)CN2C(=O)N(c3cccc(C(F)(F)F)c3)C3=C(C(=O)N(CC)C3)[C@H]2c2ccc(C(C)(C)C)cc2)cc1. The first-order chi connectivity index (χ1) is 38.8. The molecule has 0 aromatic heterocycles. The second-order valence-electron chi connectivity index (χ2n) is 21.5. The van der Waals surface area contributed by atoms with E-state index < -0.39 is 84.3 Å². The normalized spacial score (nSPS) is 18.4. The van der Waals surface area contributed by atoms with Gasteiger partial charge >= 0.3 is 24.4 Å². The Bertz CT molecular complexity index is 3210. The lowest BCUT2D eigenvalue weighted by molar-refractivity contribution is -0.138. The number of nitrogens with zero attached hydrogens (tertiary/aromatic N) is 7. The second-order valence-corrected chi connectivity index (χ2v) is 21.5. The predicted octanol–water partition coefficient (Wildman–Crippen LogP) is 8.57. The number of carbonyl (C=O) groups is 6. The lowest BCUT2D eigenvalue weighted by Gasteiger charge is -2.41. The van der Waals surface area contributed by atoms with Crippen LogP contribution in [0.1, 0.15) is 106 Å². The van der Waals surface area contributed by atoms with Crippen molar-refractivity contribution >= 4 is 53.0 Å². The van der Waals surface area contributed by atoms with Crippen molar-refractivity contribution in [1.29, 1.82) is 0 Å². The summed E-state index contributed by atoms with van der Waals surface area (Å²) >= 11 is 0. The summed E-state index contributed by atoms with van der Waals surface area (Å²) in [6, 6.07) is 19.4. The van der Waals surface area contributed by atoms with Crippen LogP contribution in [0.3, 0.4) is 0 Å². The predicted molar refractivity (Wildman–Crippen MR) is 297 cm³/mol. The molecular weight excluding hydrogens is 1070 g/mol. The lowest BCUT2D eigenvalue weighted by Crippen LogP contribution is -2.53. The van der Waals surface area contributed by atoms with Crippen LogP contribution in [0.2, 0.25) is 0 Å². The maximum Gasteiger partial charge on any atom is 0.416 e. The molecule has 436 valence electrons. The molecule has 8 rings (SSSR count). The molecular formula is C59H67F6N11O6. The van der Waals surface area contributed by atoms with Crippen LogP contribution >= 0.6 is 0 Å². The van der Waals surface area contributed by atoms with Gasteiger partial charge in [-0.3, -0.25) is 34.0 Å². The standard InChI is InChI=1S/C59H67F6N11O6/c1-8-35(4)36-17-19-37(20-18-36)50-48-44(31-71(9-2)52(48)79)75(42-15-11-13-40(29-42)58(60,61)62)55(81)73(50)33-46(77)67-25-27-69-54(66)70-28-26-68-47(78)34-74-51(38-21-23-39(24-22-38)57(5,6)7)49-45(32-72(10-3)53(49)80)76(56(74)82)43-16-12-14-41(30-43)59(63,64)65/h11-24,29-30,35,50-51H,8-10,25-28,31-34H2,1-7H3,(H,67,77)(H,68,78)(H3,66,69,70)/t35-,50-,51-/m1/s1. The van der Waals surface area contributed by atoms with E-state index in [-0.39, 0.29) is 104 Å². The van der Waals surface area contributed by atoms with Crippen LogP contribution in [-0.2, 0) is 36.9 Å². The number of carbonyl (C=O) groups excluding carboxylic acids is 6. The largest absolute Gasteiger partial charge is 0.416 e. The highest BCUT2D eigenvalue weighted by atomic mass is 19.4. The van der Waals surface area contributed by atoms with Crippen molar-refractivity contribution < 1.29 is 55.1 Å². The van der Waals surface area contributed by atoms with Crippen LogP contribution in [0.15, 0.2) is 125 Å². The third-order valence-corrected chi connectivity index (χ3v) is 15.2. The Hall–Kier alpha value is -8.37. The quantitative estimate of drug-likeness (QED) is 0.0329. The molecule has 17 nitrogen and oxygen atoms in total. The van der Waals surface area contributed by atoms with Gasteiger partial charge in [-0.25, -0.2) is 9.59 Å². The maximum absolute atomic E-state index is 14.8. The minimum Gasteiger partial charge on any atom is -0.370 e. The summed E-state index contributed by atoms with van der Waals surface area (Å²) in [5.41, 5.74) is 7.42. The summed E-state index contributed by atoms with van der Waals surface area (Å²) in [4.78, 5) is 97.2. The molecule has 5 N–H and O–H groups in total. The number of hydrogen-bond donors (Lipinski definition) is 4. The number of hydrogen-bond acceptors (Lipinski definition) is 7. The molecule has 0 aliphatic carbocycles. The Morgan fingerprint density at radius 2 is 1.04 bits per heavy atom. The van der Waals surface area contributed by atoms with Gasteiger partial charge in [-0.15, -0.1) is 0 Å². The van der Waals surface area contributed by atoms with Crippen LogP contribution in [0, 0.1) is 0 Å². The number of likely N-dealkylation sites (N-methyl/N-ethyl adjacent to an activating group) is 2. The molecule has 0 saturated heterocycles. The molecule has 4 aliphatic heterocycles. The number of aliphatic imine (C=N–C) groups is 1. The Kier molecular flexibility index (Phi) is 17.5. The summed E-state index contributed by atoms with van der Waals surface area (Å²) < 4.78 is 84.1. The van der Waals surface area contributed by atoms with Crippen LogP contribution in [0.25, 0.3) is 0 Å². The highest BCUT2D eigenvalue weighted by Crippen LogP contribution is 2.47. The Balaban J connectivity index is 0.937. The Labute approximate surface area is 471 Å². The summed E-state index contributed by atoms with van der Waals surface area (Å²) in [6.07, 6.45) is -8.62. The molecule has 23 heteroatoms. The summed E-state index contributed by atoms with van der Waals surface area (Å²) in [7, 11) is 0. The molecule has 0 bridgehead atoms. The second kappa shape index (κ2) is 24.0. The molecule has 4 aromatic carbocycles. The molecule has 0 saturated carbocycles. The monoisotopic (exact) mass is 1140 g/mol. The molecule has 4 aromatic rings. The molecule has 3 atom stereocenters. The van der Waals surface area contributed by atoms with Crippen molar-refractivity contribution in [3.63, 3.8) is 0 Å². The molecule has 4 heterocycles. The van der Waals surface area contributed by atoms with E-state index in [1.54, 1.807) is 38.1 Å². The average molecular weight is 1140 g/mol. The van der Waals surface area contributed by atoms with Crippen LogP contribution in [0.4, 0.5) is 47.3 Å². The molecule has 0 unspecified atom stereocenters. The van der Waals surface area contributed by atoms with Crippen molar-refractivity contribution in [2.45, 2.75) is 90.7 Å². The third kappa shape index (κ3) is 12.4. The van der Waals surface area contributed by atoms with Crippen molar-refractivity contribution in [3.05, 3.63) is 153 Å². The fourth-order valence-corrected chi connectivity index (χ4v) is 10.6. The number of rotatable bonds is 18. The van der Waals surface area contributed by atoms with Gasteiger partial charge in [-0.05, 0) is 90.3 Å². The first-order valence-electron chi connectivity index (χ1n) is 27.1. The van der Waals surface area contributed by atoms with Crippen LogP contribution in [-0.4, -0.2) is 127 Å². The van der Waals surface area contributed by atoms with Gasteiger partial charge in [0.25, 0.3) is 11.8 Å². The van der Waals surface area contributed by atoms with Gasteiger partial charge < -0.3 is 41.3 Å². The van der Waals surface area contributed by atoms with E-state index in [4.69, 9.17) is 5.73 Å². The van der Waals surface area contributed by atoms with Gasteiger partial charge in [0.05, 0.1) is 76.8 Å². The Morgan fingerprint density at radius 1 is 0.610 bits per heavy atom. The van der Waals surface area contributed by atoms with Gasteiger partial charge in [-0.1, -0.05) is 95.3 Å². The molecule has 0 radical (unpaired) electrons. The molecule has 82 heavy (non-hydrogen) atoms. The van der Waals surface area contributed by atoms with Gasteiger partial charge in [0, 0.05) is 32.7 Å². The number of nitrogens with two attached hydrogens (primary N) is 1. The zero-order valence-electron chi connectivity index (χ0n) is 46.7. The first kappa shape index (κ1) is 59.7. The van der Waals surface area contributed by atoms with Gasteiger partial charge in [-0.2, -0.15) is 26.3 Å². The topological polar surface area (TPSA) is 196 Å². The van der Waals surface area contributed by atoms with E-state index in [1.165, 1.54) is 43.9 Å². The highest BCUT2D eigenvalue weighted by Gasteiger charge is 2.51. The number of amides is 8. The highest BCUT2D eigenvalue weighted by molar-refractivity contribution is 6.09. The summed E-state index contributed by atoms with van der Waals surface area (Å²) in [5, 5.41) is 8.28. The number of halogens is 6. The zero-order valence-corrected chi connectivity index (χ0v) is 46.7. The van der Waals surface area contributed by atoms with Crippen molar-refractivity contribution in [3.8, 4) is 0 Å². The number of guanidine groups is 1. The van der Waals surface area contributed by atoms with Crippen molar-refractivity contribution in [2.24, 2.45) is 10.7 Å². The molecule has 0 spiro atoms. The minimum absolute atomic E-state index is 0.0288. The van der Waals surface area contributed by atoms with E-state index in [0.717, 1.165) is 51.6 Å². The first-order valence-corrected chi connectivity index (χ1v) is 27.1. The van der Waals surface area contributed by atoms with E-state index in [1.807, 2.05) is 52.0 Å². The smallest absolute Gasteiger partial charge is 0.370 e. The third-order valence-electron chi connectivity index (χ3n) is 15.2. The summed E-state index contributed by atoms with van der Waals surface area (Å²) in [5.74, 6) is -2.04.